The molecule has 0 spiro atoms. The van der Waals surface area contributed by atoms with E-state index in [4.69, 9.17) is 5.73 Å². The molecule has 0 aliphatic rings. The lowest BCUT2D eigenvalue weighted by Crippen LogP contribution is -2.13. The summed E-state index contributed by atoms with van der Waals surface area (Å²) in [6, 6.07) is 0. The van der Waals surface area contributed by atoms with E-state index in [2.05, 4.69) is 29.4 Å². The van der Waals surface area contributed by atoms with E-state index in [0.29, 0.717) is 0 Å². The van der Waals surface area contributed by atoms with Crippen molar-refractivity contribution in [3.8, 4) is 0 Å². The maximum Gasteiger partial charge on any atom is 0.433 e. The van der Waals surface area contributed by atoms with Crippen LogP contribution in [0.2, 0.25) is 0 Å². The Morgan fingerprint density at radius 1 is 1.15 bits per heavy atom. The molecule has 3 nitrogen and oxygen atoms in total. The fourth-order valence-corrected chi connectivity index (χ4v) is 1.19. The lowest BCUT2D eigenvalue weighted by molar-refractivity contribution is -0.140. The van der Waals surface area contributed by atoms with Crippen molar-refractivity contribution in [3.63, 3.8) is 0 Å². The molecule has 1 aromatic heterocycles. The Hall–Kier alpha value is -0.890. The molecule has 1 rings (SSSR count). The van der Waals surface area contributed by atoms with E-state index in [0.717, 1.165) is 0 Å². The number of anilines is 1. The Labute approximate surface area is 80.8 Å². The smallest absolute Gasteiger partial charge is 0.395 e. The Morgan fingerprint density at radius 2 is 1.69 bits per heavy atom. The van der Waals surface area contributed by atoms with Gasteiger partial charge in [0.25, 0.3) is 0 Å². The summed E-state index contributed by atoms with van der Waals surface area (Å²) in [4.78, 5) is 4.20. The summed E-state index contributed by atoms with van der Waals surface area (Å²) in [7, 11) is 0. The first kappa shape index (κ1) is 10.2. The van der Waals surface area contributed by atoms with E-state index in [9.17, 15) is 13.2 Å². The average Bonchev–Trinajstić information content (AvgIpc) is 1.94. The van der Waals surface area contributed by atoms with Gasteiger partial charge in [0.05, 0.1) is 5.69 Å². The van der Waals surface area contributed by atoms with Crippen molar-refractivity contribution in [2.45, 2.75) is 6.18 Å². The summed E-state index contributed by atoms with van der Waals surface area (Å²) in [5.41, 5.74) is 3.45. The van der Waals surface area contributed by atoms with Gasteiger partial charge in [-0.15, -0.1) is 0 Å². The van der Waals surface area contributed by atoms with Crippen molar-refractivity contribution in [1.82, 2.24) is 9.97 Å². The molecule has 0 aliphatic carbocycles. The van der Waals surface area contributed by atoms with Crippen molar-refractivity contribution in [2.24, 2.45) is 0 Å². The lowest BCUT2D eigenvalue weighted by atomic mass is 10.3. The van der Waals surface area contributed by atoms with E-state index >= 15 is 0 Å². The highest BCUT2D eigenvalue weighted by molar-refractivity contribution is 7.72. The summed E-state index contributed by atoms with van der Waals surface area (Å²) in [6.07, 6.45) is -4.57. The molecule has 0 radical (unpaired) electrons. The molecule has 72 valence electrons. The SMILES string of the molecule is Nc1c(C(F)(F)F)[nH]c(=S)[nH]c1=S. The molecule has 0 atom stereocenters. The first-order valence-corrected chi connectivity index (χ1v) is 3.83. The number of hydrogen-bond donors (Lipinski definition) is 3. The standard InChI is InChI=1S/C5H4F3N3S2/c6-5(7,8)2-1(9)3(12)11-4(13)10-2/h9H2,(H2,10,11,12,13). The van der Waals surface area contributed by atoms with Gasteiger partial charge in [-0.25, -0.2) is 0 Å². The summed E-state index contributed by atoms with van der Waals surface area (Å²) in [5.74, 6) is 0. The van der Waals surface area contributed by atoms with E-state index in [1.807, 2.05) is 4.98 Å². The fourth-order valence-electron chi connectivity index (χ4n) is 0.720. The number of alkyl halides is 3. The zero-order valence-electron chi connectivity index (χ0n) is 6.03. The normalized spacial score (nSPS) is 11.6. The molecule has 13 heavy (non-hydrogen) atoms. The summed E-state index contributed by atoms with van der Waals surface area (Å²) in [6.45, 7) is 0. The van der Waals surface area contributed by atoms with Gasteiger partial charge in [-0.1, -0.05) is 12.2 Å². The largest absolute Gasteiger partial charge is 0.433 e. The van der Waals surface area contributed by atoms with Gasteiger partial charge in [0, 0.05) is 0 Å². The number of hydrogen-bond acceptors (Lipinski definition) is 3. The second-order valence-electron chi connectivity index (χ2n) is 2.19. The molecule has 4 N–H and O–H groups in total. The van der Waals surface area contributed by atoms with Crippen LogP contribution in [0.3, 0.4) is 0 Å². The van der Waals surface area contributed by atoms with E-state index in [1.54, 1.807) is 0 Å². The molecule has 1 aromatic rings. The minimum Gasteiger partial charge on any atom is -0.395 e. The number of nitrogens with one attached hydrogen (secondary N) is 2. The predicted molar refractivity (Wildman–Crippen MR) is 46.2 cm³/mol. The molecule has 8 heteroatoms. The average molecular weight is 227 g/mol. The van der Waals surface area contributed by atoms with Crippen molar-refractivity contribution in [1.29, 1.82) is 0 Å². The quantitative estimate of drug-likeness (QED) is 0.596. The molecule has 1 heterocycles. The zero-order chi connectivity index (χ0) is 10.2. The van der Waals surface area contributed by atoms with Gasteiger partial charge in [-0.05, 0) is 12.2 Å². The van der Waals surface area contributed by atoms with Crippen LogP contribution in [0.4, 0.5) is 18.9 Å². The van der Waals surface area contributed by atoms with E-state index in [-0.39, 0.29) is 9.41 Å². The summed E-state index contributed by atoms with van der Waals surface area (Å²) in [5, 5.41) is 0. The number of H-pyrrole nitrogens is 2. The number of aromatic amines is 2. The van der Waals surface area contributed by atoms with Gasteiger partial charge < -0.3 is 15.7 Å². The van der Waals surface area contributed by atoms with Crippen LogP contribution in [0.15, 0.2) is 0 Å². The van der Waals surface area contributed by atoms with Crippen LogP contribution < -0.4 is 5.73 Å². The van der Waals surface area contributed by atoms with Crippen molar-refractivity contribution in [2.75, 3.05) is 5.73 Å². The molecule has 0 aromatic carbocycles. The van der Waals surface area contributed by atoms with Crippen molar-refractivity contribution < 1.29 is 13.2 Å². The topological polar surface area (TPSA) is 57.6 Å². The van der Waals surface area contributed by atoms with Crippen LogP contribution in [0.1, 0.15) is 5.69 Å². The number of rotatable bonds is 0. The van der Waals surface area contributed by atoms with E-state index in [1.165, 1.54) is 0 Å². The third kappa shape index (κ3) is 2.07. The Bertz CT molecular complexity index is 430. The van der Waals surface area contributed by atoms with E-state index < -0.39 is 17.6 Å². The van der Waals surface area contributed by atoms with Crippen molar-refractivity contribution in [3.05, 3.63) is 15.1 Å². The second kappa shape index (κ2) is 3.11. The van der Waals surface area contributed by atoms with Crippen LogP contribution in [-0.4, -0.2) is 9.97 Å². The van der Waals surface area contributed by atoms with Gasteiger partial charge in [-0.2, -0.15) is 13.2 Å². The molecule has 0 bridgehead atoms. The number of nitrogens with two attached hydrogens (primary N) is 1. The highest BCUT2D eigenvalue weighted by atomic mass is 32.1. The van der Waals surface area contributed by atoms with Crippen molar-refractivity contribution >= 4 is 30.1 Å². The molecular formula is C5H4F3N3S2. The molecule has 0 saturated carbocycles. The van der Waals surface area contributed by atoms with Crippen LogP contribution in [0, 0.1) is 9.41 Å². The fraction of sp³-hybridized carbons (Fsp3) is 0.200. The third-order valence-corrected chi connectivity index (χ3v) is 1.79. The minimum absolute atomic E-state index is 0.202. The Morgan fingerprint density at radius 3 is 2.15 bits per heavy atom. The molecule has 0 saturated heterocycles. The maximum absolute atomic E-state index is 12.2. The molecule has 0 aliphatic heterocycles. The summed E-state index contributed by atoms with van der Waals surface area (Å²) < 4.78 is 36.2. The third-order valence-electron chi connectivity index (χ3n) is 1.26. The highest BCUT2D eigenvalue weighted by Gasteiger charge is 2.34. The maximum atomic E-state index is 12.2. The second-order valence-corrected chi connectivity index (χ2v) is 3.01. The molecule has 0 amide bonds. The van der Waals surface area contributed by atoms with Gasteiger partial charge in [-0.3, -0.25) is 0 Å². The zero-order valence-corrected chi connectivity index (χ0v) is 7.66. The van der Waals surface area contributed by atoms with Crippen LogP contribution in [-0.2, 0) is 6.18 Å². The molecular weight excluding hydrogens is 223 g/mol. The predicted octanol–water partition coefficient (Wildman–Crippen LogP) is 2.40. The molecule has 0 unspecified atom stereocenters. The highest BCUT2D eigenvalue weighted by Crippen LogP contribution is 2.31. The van der Waals surface area contributed by atoms with Crippen LogP contribution >= 0.6 is 24.4 Å². The number of halogens is 3. The Balaban J connectivity index is 3.56. The van der Waals surface area contributed by atoms with Crippen LogP contribution in [0.5, 0.6) is 0 Å². The first-order valence-electron chi connectivity index (χ1n) is 3.01. The first-order chi connectivity index (χ1) is 5.82. The molecule has 0 fully saturated rings. The van der Waals surface area contributed by atoms with Gasteiger partial charge in [0.15, 0.2) is 4.77 Å². The minimum atomic E-state index is -4.57. The monoisotopic (exact) mass is 227 g/mol. The van der Waals surface area contributed by atoms with Gasteiger partial charge >= 0.3 is 6.18 Å². The number of nitrogen functional groups attached to an aromatic ring is 1. The number of aromatic nitrogens is 2. The Kier molecular flexibility index (Phi) is 2.44. The van der Waals surface area contributed by atoms with Gasteiger partial charge in [0.1, 0.15) is 10.3 Å². The lowest BCUT2D eigenvalue weighted by Gasteiger charge is -2.08. The summed E-state index contributed by atoms with van der Waals surface area (Å²) >= 11 is 9.01. The van der Waals surface area contributed by atoms with Gasteiger partial charge in [0.2, 0.25) is 0 Å². The van der Waals surface area contributed by atoms with Crippen LogP contribution in [0.25, 0.3) is 0 Å².